The first-order valence-corrected chi connectivity index (χ1v) is 6.53. The van der Waals surface area contributed by atoms with Gasteiger partial charge < -0.3 is 16.0 Å². The predicted molar refractivity (Wildman–Crippen MR) is 74.6 cm³/mol. The van der Waals surface area contributed by atoms with Gasteiger partial charge in [0.25, 0.3) is 0 Å². The summed E-state index contributed by atoms with van der Waals surface area (Å²) in [5.74, 6) is 1.41. The number of aromatic nitrogens is 2. The second-order valence-corrected chi connectivity index (χ2v) is 5.41. The van der Waals surface area contributed by atoms with Gasteiger partial charge in [-0.25, -0.2) is 9.97 Å². The van der Waals surface area contributed by atoms with Crippen LogP contribution in [-0.2, 0) is 0 Å². The molecule has 0 radical (unpaired) electrons. The molecule has 3 N–H and O–H groups in total. The first kappa shape index (κ1) is 13.1. The van der Waals surface area contributed by atoms with Crippen LogP contribution in [0.2, 0.25) is 0 Å². The van der Waals surface area contributed by atoms with Crippen molar-refractivity contribution in [3.05, 3.63) is 11.9 Å². The third-order valence-corrected chi connectivity index (χ3v) is 4.19. The molecule has 5 heteroatoms. The molecule has 0 spiro atoms. The molecule has 0 unspecified atom stereocenters. The maximum atomic E-state index is 5.80. The average Bonchev–Trinajstić information content (AvgIpc) is 2.81. The van der Waals surface area contributed by atoms with E-state index in [9.17, 15) is 0 Å². The number of anilines is 2. The maximum absolute atomic E-state index is 5.80. The lowest BCUT2D eigenvalue weighted by Gasteiger charge is -2.36. The minimum Gasteiger partial charge on any atom is -0.383 e. The van der Waals surface area contributed by atoms with Gasteiger partial charge in [-0.05, 0) is 33.9 Å². The van der Waals surface area contributed by atoms with E-state index in [2.05, 4.69) is 34.3 Å². The van der Waals surface area contributed by atoms with E-state index in [0.29, 0.717) is 5.82 Å². The molecule has 1 heterocycles. The molecule has 0 atom stereocenters. The zero-order chi connectivity index (χ0) is 13.2. The lowest BCUT2D eigenvalue weighted by atomic mass is 9.96. The first-order valence-electron chi connectivity index (χ1n) is 6.53. The van der Waals surface area contributed by atoms with Crippen LogP contribution in [0.1, 0.15) is 31.2 Å². The first-order chi connectivity index (χ1) is 8.55. The predicted octanol–water partition coefficient (Wildman–Crippen LogP) is 1.65. The highest BCUT2D eigenvalue weighted by Gasteiger charge is 2.35. The quantitative estimate of drug-likeness (QED) is 0.849. The molecule has 0 amide bonds. The van der Waals surface area contributed by atoms with E-state index >= 15 is 0 Å². The number of nitrogen functional groups attached to an aromatic ring is 1. The Kier molecular flexibility index (Phi) is 3.71. The highest BCUT2D eigenvalue weighted by Crippen LogP contribution is 2.34. The van der Waals surface area contributed by atoms with Crippen LogP contribution < -0.4 is 11.1 Å². The minimum atomic E-state index is 0.256. The number of nitrogens with one attached hydrogen (secondary N) is 1. The normalized spacial score (nSPS) is 18.2. The second-order valence-electron chi connectivity index (χ2n) is 5.41. The minimum absolute atomic E-state index is 0.256. The molecule has 2 rings (SSSR count). The molecule has 0 aliphatic heterocycles. The topological polar surface area (TPSA) is 67.1 Å². The van der Waals surface area contributed by atoms with Crippen molar-refractivity contribution in [2.45, 2.75) is 38.1 Å². The average molecular weight is 249 g/mol. The Balaban J connectivity index is 2.08. The van der Waals surface area contributed by atoms with E-state index < -0.39 is 0 Å². The van der Waals surface area contributed by atoms with Crippen LogP contribution in [0.25, 0.3) is 0 Å². The highest BCUT2D eigenvalue weighted by atomic mass is 15.2. The lowest BCUT2D eigenvalue weighted by Crippen LogP contribution is -2.47. The van der Waals surface area contributed by atoms with Gasteiger partial charge in [0.05, 0.1) is 0 Å². The summed E-state index contributed by atoms with van der Waals surface area (Å²) >= 11 is 0. The fourth-order valence-electron chi connectivity index (χ4n) is 2.71. The molecule has 1 aromatic rings. The van der Waals surface area contributed by atoms with Crippen molar-refractivity contribution in [1.82, 2.24) is 14.9 Å². The summed E-state index contributed by atoms with van der Waals surface area (Å²) in [6.07, 6.45) is 6.62. The Morgan fingerprint density at radius 3 is 2.61 bits per heavy atom. The zero-order valence-electron chi connectivity index (χ0n) is 11.5. The smallest absolute Gasteiger partial charge is 0.134 e. The molecule has 0 bridgehead atoms. The van der Waals surface area contributed by atoms with Gasteiger partial charge in [-0.15, -0.1) is 0 Å². The number of nitrogens with zero attached hydrogens (tertiary/aromatic N) is 3. The lowest BCUT2D eigenvalue weighted by molar-refractivity contribution is 0.172. The largest absolute Gasteiger partial charge is 0.383 e. The molecule has 1 fully saturated rings. The van der Waals surface area contributed by atoms with E-state index in [1.54, 1.807) is 0 Å². The van der Waals surface area contributed by atoms with Crippen molar-refractivity contribution in [3.8, 4) is 0 Å². The van der Waals surface area contributed by atoms with Crippen LogP contribution in [0.4, 0.5) is 11.6 Å². The Morgan fingerprint density at radius 1 is 1.33 bits per heavy atom. The maximum Gasteiger partial charge on any atom is 0.134 e. The van der Waals surface area contributed by atoms with Crippen LogP contribution in [0.5, 0.6) is 0 Å². The number of nitrogens with two attached hydrogens (primary N) is 1. The Hall–Kier alpha value is -1.36. The van der Waals surface area contributed by atoms with E-state index in [1.807, 2.05) is 6.92 Å². The van der Waals surface area contributed by atoms with Crippen LogP contribution >= 0.6 is 0 Å². The fourth-order valence-corrected chi connectivity index (χ4v) is 2.71. The summed E-state index contributed by atoms with van der Waals surface area (Å²) in [7, 11) is 4.32. The molecule has 18 heavy (non-hydrogen) atoms. The van der Waals surface area contributed by atoms with E-state index in [4.69, 9.17) is 5.73 Å². The van der Waals surface area contributed by atoms with Gasteiger partial charge >= 0.3 is 0 Å². The van der Waals surface area contributed by atoms with Crippen LogP contribution in [-0.4, -0.2) is 41.0 Å². The van der Waals surface area contributed by atoms with Crippen LogP contribution in [0, 0.1) is 6.92 Å². The number of rotatable bonds is 4. The van der Waals surface area contributed by atoms with Gasteiger partial charge in [-0.3, -0.25) is 0 Å². The van der Waals surface area contributed by atoms with Gasteiger partial charge in [0.2, 0.25) is 0 Å². The number of hydrogen-bond donors (Lipinski definition) is 2. The molecule has 0 saturated heterocycles. The second kappa shape index (κ2) is 5.10. The van der Waals surface area contributed by atoms with E-state index in [1.165, 1.54) is 32.0 Å². The molecule has 1 aliphatic rings. The van der Waals surface area contributed by atoms with Crippen molar-refractivity contribution in [2.24, 2.45) is 0 Å². The fraction of sp³-hybridized carbons (Fsp3) is 0.692. The third-order valence-electron chi connectivity index (χ3n) is 4.19. The van der Waals surface area contributed by atoms with Gasteiger partial charge in [0.15, 0.2) is 0 Å². The van der Waals surface area contributed by atoms with Crippen molar-refractivity contribution in [3.63, 3.8) is 0 Å². The summed E-state index contributed by atoms with van der Waals surface area (Å²) < 4.78 is 0. The number of likely N-dealkylation sites (N-methyl/N-ethyl adjacent to an activating group) is 1. The van der Waals surface area contributed by atoms with Crippen LogP contribution in [0.15, 0.2) is 6.33 Å². The molecule has 100 valence electrons. The van der Waals surface area contributed by atoms with Crippen LogP contribution in [0.3, 0.4) is 0 Å². The molecular weight excluding hydrogens is 226 g/mol. The summed E-state index contributed by atoms with van der Waals surface area (Å²) in [5, 5.41) is 3.45. The molecule has 1 saturated carbocycles. The van der Waals surface area contributed by atoms with E-state index in [-0.39, 0.29) is 5.54 Å². The monoisotopic (exact) mass is 249 g/mol. The molecule has 0 aromatic carbocycles. The van der Waals surface area contributed by atoms with Crippen molar-refractivity contribution < 1.29 is 0 Å². The van der Waals surface area contributed by atoms with Gasteiger partial charge in [-0.2, -0.15) is 0 Å². The van der Waals surface area contributed by atoms with Crippen molar-refractivity contribution in [1.29, 1.82) is 0 Å². The standard InChI is InChI=1S/C13H23N5/c1-10-11(14)16-9-17-12(10)15-8-13(18(2)3)6-4-5-7-13/h9H,4-8H2,1-3H3,(H3,14,15,16,17). The molecule has 5 nitrogen and oxygen atoms in total. The van der Waals surface area contributed by atoms with Crippen molar-refractivity contribution in [2.75, 3.05) is 31.7 Å². The molecular formula is C13H23N5. The van der Waals surface area contributed by atoms with Gasteiger partial charge in [-0.1, -0.05) is 12.8 Å². The molecule has 1 aliphatic carbocycles. The van der Waals surface area contributed by atoms with Crippen molar-refractivity contribution >= 4 is 11.6 Å². The van der Waals surface area contributed by atoms with Gasteiger partial charge in [0.1, 0.15) is 18.0 Å². The SMILES string of the molecule is Cc1c(N)ncnc1NCC1(N(C)C)CCCC1. The van der Waals surface area contributed by atoms with E-state index in [0.717, 1.165) is 17.9 Å². The molecule has 1 aromatic heterocycles. The Bertz CT molecular complexity index is 410. The number of hydrogen-bond acceptors (Lipinski definition) is 5. The Morgan fingerprint density at radius 2 is 2.00 bits per heavy atom. The summed E-state index contributed by atoms with van der Waals surface area (Å²) in [4.78, 5) is 10.6. The summed E-state index contributed by atoms with van der Waals surface area (Å²) in [5.41, 5.74) is 6.99. The highest BCUT2D eigenvalue weighted by molar-refractivity contribution is 5.53. The third kappa shape index (κ3) is 2.41. The zero-order valence-corrected chi connectivity index (χ0v) is 11.5. The summed E-state index contributed by atoms with van der Waals surface area (Å²) in [6, 6.07) is 0. The van der Waals surface area contributed by atoms with Gasteiger partial charge in [0, 0.05) is 17.6 Å². The Labute approximate surface area is 109 Å². The summed E-state index contributed by atoms with van der Waals surface area (Å²) in [6.45, 7) is 2.87.